The van der Waals surface area contributed by atoms with Crippen LogP contribution in [-0.4, -0.2) is 13.3 Å². The molecule has 2 rings (SSSR count). The maximum Gasteiger partial charge on any atom is 0.144 e. The first-order valence-electron chi connectivity index (χ1n) is 5.02. The fourth-order valence-electron chi connectivity index (χ4n) is 1.46. The van der Waals surface area contributed by atoms with E-state index in [1.807, 2.05) is 48.9 Å². The van der Waals surface area contributed by atoms with Crippen LogP contribution in [0, 0.1) is 6.92 Å². The first-order chi connectivity index (χ1) is 7.81. The highest BCUT2D eigenvalue weighted by molar-refractivity contribution is 7.11. The number of methoxy groups -OCH3 is 1. The van der Waals surface area contributed by atoms with Crippen LogP contribution in [0.3, 0.4) is 0 Å². The zero-order valence-electron chi connectivity index (χ0n) is 9.31. The van der Waals surface area contributed by atoms with Crippen molar-refractivity contribution in [3.05, 3.63) is 46.2 Å². The van der Waals surface area contributed by atoms with Gasteiger partial charge in [-0.2, -0.15) is 0 Å². The molecule has 1 heterocycles. The number of aryl methyl sites for hydroxylation is 1. The predicted octanol–water partition coefficient (Wildman–Crippen LogP) is 3.82. The van der Waals surface area contributed by atoms with Crippen LogP contribution in [0.5, 0.6) is 5.75 Å². The summed E-state index contributed by atoms with van der Waals surface area (Å²) >= 11 is 1.67. The number of benzene rings is 1. The molecule has 82 valence electrons. The molecule has 0 unspecified atom stereocenters. The number of nitrogens with zero attached hydrogens (tertiary/aromatic N) is 1. The van der Waals surface area contributed by atoms with Crippen LogP contribution in [0.25, 0.3) is 0 Å². The van der Waals surface area contributed by atoms with Gasteiger partial charge in [-0.15, -0.1) is 11.3 Å². The Morgan fingerprint density at radius 3 is 2.81 bits per heavy atom. The Morgan fingerprint density at radius 2 is 2.12 bits per heavy atom. The summed E-state index contributed by atoms with van der Waals surface area (Å²) in [6.45, 7) is 2.03. The Bertz CT molecular complexity index is 489. The molecule has 0 radical (unpaired) electrons. The van der Waals surface area contributed by atoms with Crippen molar-refractivity contribution in [1.82, 2.24) is 0 Å². The molecule has 0 amide bonds. The molecule has 0 bridgehead atoms. The van der Waals surface area contributed by atoms with Crippen molar-refractivity contribution in [2.45, 2.75) is 6.92 Å². The molecule has 0 saturated heterocycles. The zero-order valence-corrected chi connectivity index (χ0v) is 10.1. The van der Waals surface area contributed by atoms with Gasteiger partial charge in [0.25, 0.3) is 0 Å². The Kier molecular flexibility index (Phi) is 3.37. The molecular formula is C13H13NOS. The first-order valence-corrected chi connectivity index (χ1v) is 5.90. The molecule has 1 aromatic heterocycles. The van der Waals surface area contributed by atoms with Gasteiger partial charge in [0.1, 0.15) is 11.4 Å². The van der Waals surface area contributed by atoms with Crippen molar-refractivity contribution in [3.63, 3.8) is 0 Å². The molecule has 0 aliphatic rings. The van der Waals surface area contributed by atoms with Gasteiger partial charge >= 0.3 is 0 Å². The Labute approximate surface area is 99.2 Å². The summed E-state index contributed by atoms with van der Waals surface area (Å²) in [7, 11) is 1.67. The lowest BCUT2D eigenvalue weighted by Gasteiger charge is -2.06. The lowest BCUT2D eigenvalue weighted by Crippen LogP contribution is -1.85. The summed E-state index contributed by atoms with van der Waals surface area (Å²) in [5, 5.41) is 2.04. The largest absolute Gasteiger partial charge is 0.494 e. The second-order valence-corrected chi connectivity index (χ2v) is 4.38. The molecule has 0 atom stereocenters. The third-order valence-electron chi connectivity index (χ3n) is 2.28. The average molecular weight is 231 g/mol. The van der Waals surface area contributed by atoms with Gasteiger partial charge in [0.2, 0.25) is 0 Å². The third-order valence-corrected chi connectivity index (χ3v) is 3.09. The number of thiophene rings is 1. The second kappa shape index (κ2) is 4.94. The van der Waals surface area contributed by atoms with E-state index in [1.54, 1.807) is 18.4 Å². The Hall–Kier alpha value is -1.61. The van der Waals surface area contributed by atoms with Gasteiger partial charge in [-0.05, 0) is 30.0 Å². The number of para-hydroxylation sites is 1. The molecule has 0 aliphatic heterocycles. The summed E-state index contributed by atoms with van der Waals surface area (Å²) in [5.74, 6) is 0.813. The molecule has 0 fully saturated rings. The van der Waals surface area contributed by atoms with Gasteiger partial charge < -0.3 is 4.74 Å². The average Bonchev–Trinajstić information content (AvgIpc) is 2.80. The van der Waals surface area contributed by atoms with Gasteiger partial charge in [-0.3, -0.25) is 4.99 Å². The molecule has 0 saturated carbocycles. The van der Waals surface area contributed by atoms with Gasteiger partial charge in [0, 0.05) is 11.1 Å². The van der Waals surface area contributed by atoms with Crippen LogP contribution >= 0.6 is 11.3 Å². The molecule has 2 nitrogen and oxygen atoms in total. The van der Waals surface area contributed by atoms with Gasteiger partial charge in [-0.25, -0.2) is 0 Å². The van der Waals surface area contributed by atoms with E-state index < -0.39 is 0 Å². The molecule has 3 heteroatoms. The highest BCUT2D eigenvalue weighted by atomic mass is 32.1. The summed E-state index contributed by atoms with van der Waals surface area (Å²) in [4.78, 5) is 5.62. The molecule has 0 spiro atoms. The standard InChI is InChI=1S/C13H13NOS/c1-10-5-3-7-12(15-2)13(10)14-9-11-6-4-8-16-11/h3-9H,1-2H3/b14-9+. The quantitative estimate of drug-likeness (QED) is 0.736. The van der Waals surface area contributed by atoms with Crippen molar-refractivity contribution in [2.24, 2.45) is 4.99 Å². The van der Waals surface area contributed by atoms with E-state index in [1.165, 1.54) is 0 Å². The summed E-state index contributed by atoms with van der Waals surface area (Å²) in [5.41, 5.74) is 2.02. The van der Waals surface area contributed by atoms with Gasteiger partial charge in [0.15, 0.2) is 0 Å². The van der Waals surface area contributed by atoms with Crippen molar-refractivity contribution in [2.75, 3.05) is 7.11 Å². The summed E-state index contributed by atoms with van der Waals surface area (Å²) in [6.07, 6.45) is 1.87. The van der Waals surface area contributed by atoms with Crippen molar-refractivity contribution >= 4 is 23.2 Å². The molecule has 1 aromatic carbocycles. The Balaban J connectivity index is 2.33. The SMILES string of the molecule is COc1cccc(C)c1/N=C/c1cccs1. The fourth-order valence-corrected chi connectivity index (χ4v) is 2.04. The van der Waals surface area contributed by atoms with Crippen LogP contribution in [0.15, 0.2) is 40.7 Å². The van der Waals surface area contributed by atoms with Crippen molar-refractivity contribution in [1.29, 1.82) is 0 Å². The minimum absolute atomic E-state index is 0.813. The topological polar surface area (TPSA) is 21.6 Å². The summed E-state index contributed by atoms with van der Waals surface area (Å²) in [6, 6.07) is 9.98. The van der Waals surface area contributed by atoms with Crippen molar-refractivity contribution < 1.29 is 4.74 Å². The maximum atomic E-state index is 5.29. The van der Waals surface area contributed by atoms with Crippen molar-refractivity contribution in [3.8, 4) is 5.75 Å². The number of ether oxygens (including phenoxy) is 1. The normalized spacial score (nSPS) is 10.9. The van der Waals surface area contributed by atoms with Crippen LogP contribution in [-0.2, 0) is 0 Å². The van der Waals surface area contributed by atoms with E-state index in [2.05, 4.69) is 4.99 Å². The van der Waals surface area contributed by atoms with Crippen LogP contribution < -0.4 is 4.74 Å². The van der Waals surface area contributed by atoms with E-state index in [0.29, 0.717) is 0 Å². The number of rotatable bonds is 3. The smallest absolute Gasteiger partial charge is 0.144 e. The molecule has 16 heavy (non-hydrogen) atoms. The molecular weight excluding hydrogens is 218 g/mol. The van der Waals surface area contributed by atoms with E-state index in [0.717, 1.165) is 21.9 Å². The Morgan fingerprint density at radius 1 is 1.25 bits per heavy atom. The lowest BCUT2D eigenvalue weighted by atomic mass is 10.2. The molecule has 2 aromatic rings. The lowest BCUT2D eigenvalue weighted by molar-refractivity contribution is 0.416. The van der Waals surface area contributed by atoms with E-state index >= 15 is 0 Å². The maximum absolute atomic E-state index is 5.29. The van der Waals surface area contributed by atoms with E-state index in [4.69, 9.17) is 4.74 Å². The fraction of sp³-hybridized carbons (Fsp3) is 0.154. The second-order valence-electron chi connectivity index (χ2n) is 3.40. The first kappa shape index (κ1) is 10.9. The minimum Gasteiger partial charge on any atom is -0.494 e. The van der Waals surface area contributed by atoms with Crippen LogP contribution in [0.4, 0.5) is 5.69 Å². The monoisotopic (exact) mass is 231 g/mol. The van der Waals surface area contributed by atoms with Crippen LogP contribution in [0.2, 0.25) is 0 Å². The molecule has 0 N–H and O–H groups in total. The number of hydrogen-bond acceptors (Lipinski definition) is 3. The highest BCUT2D eigenvalue weighted by Crippen LogP contribution is 2.30. The highest BCUT2D eigenvalue weighted by Gasteiger charge is 2.03. The van der Waals surface area contributed by atoms with Crippen LogP contribution in [0.1, 0.15) is 10.4 Å². The number of hydrogen-bond donors (Lipinski definition) is 0. The predicted molar refractivity (Wildman–Crippen MR) is 69.3 cm³/mol. The van der Waals surface area contributed by atoms with Gasteiger partial charge in [-0.1, -0.05) is 18.2 Å². The third kappa shape index (κ3) is 2.31. The van der Waals surface area contributed by atoms with E-state index in [9.17, 15) is 0 Å². The molecule has 0 aliphatic carbocycles. The number of aliphatic imine (C=N–C) groups is 1. The van der Waals surface area contributed by atoms with E-state index in [-0.39, 0.29) is 0 Å². The van der Waals surface area contributed by atoms with Gasteiger partial charge in [0.05, 0.1) is 7.11 Å². The summed E-state index contributed by atoms with van der Waals surface area (Å²) < 4.78 is 5.29. The minimum atomic E-state index is 0.813. The zero-order chi connectivity index (χ0) is 11.4.